The Labute approximate surface area is 288 Å². The lowest BCUT2D eigenvalue weighted by Crippen LogP contribution is -2.56. The molecule has 4 heterocycles. The molecule has 258 valence electrons. The Kier molecular flexibility index (Phi) is 10.9. The molecule has 5 rings (SSSR count). The molecule has 1 aromatic carbocycles. The van der Waals surface area contributed by atoms with E-state index in [1.54, 1.807) is 31.1 Å². The first-order valence-corrected chi connectivity index (χ1v) is 18.2. The average Bonchev–Trinajstić information content (AvgIpc) is 3.67. The van der Waals surface area contributed by atoms with Gasteiger partial charge in [-0.25, -0.2) is 18.9 Å². The number of amides is 2. The number of nitrogens with one attached hydrogen (secondary N) is 1. The highest BCUT2D eigenvalue weighted by Crippen LogP contribution is 2.32. The minimum absolute atomic E-state index is 0.0454. The number of rotatable bonds is 10. The summed E-state index contributed by atoms with van der Waals surface area (Å²) in [5.74, 6) is -0.271. The first-order valence-electron chi connectivity index (χ1n) is 15.3. The van der Waals surface area contributed by atoms with Crippen LogP contribution in [-0.2, 0) is 37.8 Å². The molecule has 2 amide bonds. The summed E-state index contributed by atoms with van der Waals surface area (Å²) in [6.45, 7) is 7.34. The van der Waals surface area contributed by atoms with E-state index in [4.69, 9.17) is 21.1 Å². The van der Waals surface area contributed by atoms with Gasteiger partial charge in [0.25, 0.3) is 15.9 Å². The van der Waals surface area contributed by atoms with Crippen molar-refractivity contribution in [3.8, 4) is 5.75 Å². The molecule has 0 unspecified atom stereocenters. The van der Waals surface area contributed by atoms with Gasteiger partial charge < -0.3 is 19.3 Å². The number of benzene rings is 1. The number of thioether (sulfide) groups is 1. The average molecular weight is 720 g/mol. The maximum Gasteiger partial charge on any atom is 0.415 e. The van der Waals surface area contributed by atoms with Crippen LogP contribution in [-0.4, -0.2) is 106 Å². The normalized spacial score (nSPS) is 18.3. The molecule has 3 aromatic rings. The van der Waals surface area contributed by atoms with Gasteiger partial charge >= 0.3 is 12.1 Å². The summed E-state index contributed by atoms with van der Waals surface area (Å²) >= 11 is 7.80. The van der Waals surface area contributed by atoms with Crippen molar-refractivity contribution in [3.63, 3.8) is 0 Å². The monoisotopic (exact) mass is 719 g/mol. The van der Waals surface area contributed by atoms with Gasteiger partial charge in [-0.1, -0.05) is 23.7 Å². The van der Waals surface area contributed by atoms with Gasteiger partial charge in [-0.15, -0.1) is 11.8 Å². The van der Waals surface area contributed by atoms with Crippen LogP contribution in [0, 0.1) is 0 Å². The second kappa shape index (κ2) is 14.7. The van der Waals surface area contributed by atoms with Crippen LogP contribution < -0.4 is 15.0 Å². The number of nitrogens with zero attached hydrogens (tertiary/aromatic N) is 6. The molecule has 2 aliphatic rings. The standard InChI is InChI=1S/C31H38ClN7O7S2/c1-5-45-29(41)23(39(28(40)27-34-31(2,3)20-47-27)48(43,44)26-11-13-36(4)35-26)19-21-9-10-24(22(32)18-21)46-30(42)38-16-14-37(15-17-38)25-8-6-7-12-33-25/h6-13,18,23,27,34H,5,14-17,19-20H2,1-4H3/t23-,27-/m0/s1. The number of pyridine rings is 1. The number of sulfonamides is 1. The predicted octanol–water partition coefficient (Wildman–Crippen LogP) is 2.92. The molecule has 48 heavy (non-hydrogen) atoms. The summed E-state index contributed by atoms with van der Waals surface area (Å²) in [6, 6.07) is 9.83. The maximum atomic E-state index is 14.0. The second-order valence-electron chi connectivity index (χ2n) is 12.0. The van der Waals surface area contributed by atoms with Gasteiger partial charge in [0.1, 0.15) is 17.2 Å². The van der Waals surface area contributed by atoms with Gasteiger partial charge in [0.05, 0.1) is 11.6 Å². The fourth-order valence-corrected chi connectivity index (χ4v) is 8.48. The highest BCUT2D eigenvalue weighted by molar-refractivity contribution is 8.01. The van der Waals surface area contributed by atoms with Crippen molar-refractivity contribution >= 4 is 57.2 Å². The molecule has 1 N–H and O–H groups in total. The third-order valence-corrected chi connectivity index (χ3v) is 11.3. The Morgan fingerprint density at radius 1 is 1.15 bits per heavy atom. The molecule has 0 aliphatic carbocycles. The van der Waals surface area contributed by atoms with Crippen LogP contribution in [0.1, 0.15) is 26.3 Å². The minimum Gasteiger partial charge on any atom is -0.464 e. The van der Waals surface area contributed by atoms with Gasteiger partial charge in [-0.05, 0) is 56.7 Å². The van der Waals surface area contributed by atoms with Crippen LogP contribution in [0.5, 0.6) is 5.75 Å². The number of aryl methyl sites for hydroxylation is 1. The number of carbonyl (C=O) groups excluding carboxylic acids is 3. The lowest BCUT2D eigenvalue weighted by molar-refractivity contribution is -0.151. The number of halogens is 1. The van der Waals surface area contributed by atoms with E-state index in [9.17, 15) is 22.8 Å². The van der Waals surface area contributed by atoms with Gasteiger partial charge in [-0.2, -0.15) is 13.5 Å². The summed E-state index contributed by atoms with van der Waals surface area (Å²) < 4.78 is 40.8. The highest BCUT2D eigenvalue weighted by atomic mass is 35.5. The molecule has 0 radical (unpaired) electrons. The molecule has 0 saturated carbocycles. The first-order chi connectivity index (χ1) is 22.8. The minimum atomic E-state index is -4.62. The van der Waals surface area contributed by atoms with Crippen molar-refractivity contribution in [1.82, 2.24) is 29.3 Å². The summed E-state index contributed by atoms with van der Waals surface area (Å²) in [7, 11) is -3.08. The fraction of sp³-hybridized carbons (Fsp3) is 0.452. The lowest BCUT2D eigenvalue weighted by atomic mass is 10.1. The van der Waals surface area contributed by atoms with Gasteiger partial charge in [0, 0.05) is 63.3 Å². The van der Waals surface area contributed by atoms with Crippen LogP contribution in [0.4, 0.5) is 10.6 Å². The molecule has 2 fully saturated rings. The van der Waals surface area contributed by atoms with Crippen LogP contribution in [0.15, 0.2) is 59.9 Å². The Balaban J connectivity index is 1.36. The molecule has 17 heteroatoms. The fourth-order valence-electron chi connectivity index (χ4n) is 5.35. The summed E-state index contributed by atoms with van der Waals surface area (Å²) in [6.07, 6.45) is 2.32. The Morgan fingerprint density at radius 3 is 2.48 bits per heavy atom. The highest BCUT2D eigenvalue weighted by Gasteiger charge is 2.47. The molecule has 14 nitrogen and oxygen atoms in total. The van der Waals surface area contributed by atoms with E-state index in [0.29, 0.717) is 41.8 Å². The quantitative estimate of drug-likeness (QED) is 0.306. The van der Waals surface area contributed by atoms with E-state index >= 15 is 0 Å². The van der Waals surface area contributed by atoms with Crippen molar-refractivity contribution in [2.24, 2.45) is 7.05 Å². The van der Waals surface area contributed by atoms with Crippen LogP contribution >= 0.6 is 23.4 Å². The lowest BCUT2D eigenvalue weighted by Gasteiger charge is -2.34. The van der Waals surface area contributed by atoms with Gasteiger partial charge in [0.15, 0.2) is 10.8 Å². The van der Waals surface area contributed by atoms with E-state index < -0.39 is 50.0 Å². The van der Waals surface area contributed by atoms with Crippen LogP contribution in [0.3, 0.4) is 0 Å². The Bertz CT molecular complexity index is 1750. The molecule has 2 atom stereocenters. The molecule has 2 aliphatic heterocycles. The van der Waals surface area contributed by atoms with E-state index in [1.807, 2.05) is 32.0 Å². The molecule has 0 bridgehead atoms. The largest absolute Gasteiger partial charge is 0.464 e. The zero-order valence-electron chi connectivity index (χ0n) is 27.0. The van der Waals surface area contributed by atoms with Crippen molar-refractivity contribution in [2.75, 3.05) is 43.4 Å². The maximum absolute atomic E-state index is 14.0. The third kappa shape index (κ3) is 8.05. The van der Waals surface area contributed by atoms with Crippen LogP contribution in [0.25, 0.3) is 0 Å². The number of esters is 1. The molecule has 0 spiro atoms. The Morgan fingerprint density at radius 2 is 1.90 bits per heavy atom. The first kappa shape index (κ1) is 35.4. The predicted molar refractivity (Wildman–Crippen MR) is 180 cm³/mol. The second-order valence-corrected chi connectivity index (χ2v) is 15.2. The summed E-state index contributed by atoms with van der Waals surface area (Å²) in [5.41, 5.74) is -0.0404. The number of anilines is 1. The smallest absolute Gasteiger partial charge is 0.415 e. The molecular weight excluding hydrogens is 682 g/mol. The van der Waals surface area contributed by atoms with Crippen molar-refractivity contribution in [2.45, 2.75) is 49.2 Å². The van der Waals surface area contributed by atoms with Crippen molar-refractivity contribution in [1.29, 1.82) is 0 Å². The molecule has 2 saturated heterocycles. The van der Waals surface area contributed by atoms with Crippen LogP contribution in [0.2, 0.25) is 5.02 Å². The summed E-state index contributed by atoms with van der Waals surface area (Å²) in [5, 5.41) is 5.91. The van der Waals surface area contributed by atoms with Gasteiger partial charge in [-0.3, -0.25) is 14.8 Å². The molecule has 2 aromatic heterocycles. The van der Waals surface area contributed by atoms with Gasteiger partial charge in [0.2, 0.25) is 0 Å². The van der Waals surface area contributed by atoms with E-state index in [-0.39, 0.29) is 23.8 Å². The zero-order chi connectivity index (χ0) is 34.6. The number of hydrogen-bond donors (Lipinski definition) is 1. The van der Waals surface area contributed by atoms with Crippen molar-refractivity contribution in [3.05, 3.63) is 65.4 Å². The van der Waals surface area contributed by atoms with E-state index in [1.165, 1.54) is 40.8 Å². The number of piperazine rings is 1. The number of carbonyl (C=O) groups is 3. The number of hydrogen-bond acceptors (Lipinski definition) is 12. The topological polar surface area (TPSA) is 156 Å². The SMILES string of the molecule is CCOC(=O)[C@H](Cc1ccc(OC(=O)N2CCN(c3ccccn3)CC2)c(Cl)c1)N(C(=O)[C@H]1NC(C)(C)CS1)S(=O)(=O)c1ccn(C)n1. The molecular formula is C31H38ClN7O7S2. The number of ether oxygens (including phenoxy) is 2. The third-order valence-electron chi connectivity index (χ3n) is 7.76. The Hall–Kier alpha value is -3.86. The number of aromatic nitrogens is 3. The summed E-state index contributed by atoms with van der Waals surface area (Å²) in [4.78, 5) is 48.5. The van der Waals surface area contributed by atoms with Crippen molar-refractivity contribution < 1.29 is 32.3 Å². The zero-order valence-corrected chi connectivity index (χ0v) is 29.4. The van der Waals surface area contributed by atoms with E-state index in [0.717, 1.165) is 5.82 Å². The van der Waals surface area contributed by atoms with E-state index in [2.05, 4.69) is 20.3 Å².